The number of aryl methyl sites for hydroxylation is 1. The minimum absolute atomic E-state index is 0.295. The van der Waals surface area contributed by atoms with E-state index < -0.39 is 0 Å². The molecule has 0 radical (unpaired) electrons. The molecule has 0 N–H and O–H groups in total. The van der Waals surface area contributed by atoms with Crippen LogP contribution in [0.5, 0.6) is 5.75 Å². The van der Waals surface area contributed by atoms with Gasteiger partial charge < -0.3 is 4.74 Å². The Morgan fingerprint density at radius 2 is 2.31 bits per heavy atom. The third-order valence-corrected chi connectivity index (χ3v) is 2.79. The van der Waals surface area contributed by atoms with Crippen LogP contribution in [0, 0.1) is 12.7 Å². The van der Waals surface area contributed by atoms with Crippen LogP contribution in [0.4, 0.5) is 4.39 Å². The van der Waals surface area contributed by atoms with Crippen LogP contribution in [0.2, 0.25) is 5.02 Å². The fourth-order valence-electron chi connectivity index (χ4n) is 1.60. The summed E-state index contributed by atoms with van der Waals surface area (Å²) >= 11 is 6.04. The predicted molar refractivity (Wildman–Crippen MR) is 50.0 cm³/mol. The lowest BCUT2D eigenvalue weighted by atomic mass is 10.0. The summed E-state index contributed by atoms with van der Waals surface area (Å²) in [7, 11) is 0. The lowest BCUT2D eigenvalue weighted by Gasteiger charge is -2.19. The van der Waals surface area contributed by atoms with Crippen LogP contribution in [0.3, 0.4) is 0 Å². The highest BCUT2D eigenvalue weighted by Crippen LogP contribution is 2.35. The molecule has 1 aromatic carbocycles. The van der Waals surface area contributed by atoms with E-state index in [1.807, 2.05) is 0 Å². The van der Waals surface area contributed by atoms with Gasteiger partial charge in [0.25, 0.3) is 0 Å². The molecule has 0 fully saturated rings. The Bertz CT molecular complexity index is 349. The molecule has 1 aliphatic rings. The van der Waals surface area contributed by atoms with E-state index in [2.05, 4.69) is 0 Å². The van der Waals surface area contributed by atoms with Crippen molar-refractivity contribution in [1.29, 1.82) is 0 Å². The number of hydrogen-bond acceptors (Lipinski definition) is 1. The number of halogens is 2. The maximum Gasteiger partial charge on any atom is 0.165 e. The fourth-order valence-corrected chi connectivity index (χ4v) is 1.84. The van der Waals surface area contributed by atoms with Crippen molar-refractivity contribution in [2.75, 3.05) is 6.61 Å². The number of ether oxygens (including phenoxy) is 1. The highest BCUT2D eigenvalue weighted by atomic mass is 35.5. The molecule has 1 aliphatic heterocycles. The van der Waals surface area contributed by atoms with Crippen molar-refractivity contribution in [3.63, 3.8) is 0 Å². The summed E-state index contributed by atoms with van der Waals surface area (Å²) in [5, 5.41) is 0.649. The number of fused-ring (bicyclic) bond motifs is 1. The van der Waals surface area contributed by atoms with Gasteiger partial charge in [-0.05, 0) is 31.4 Å². The third kappa shape index (κ3) is 1.39. The molecule has 1 aromatic rings. The molecule has 0 unspecified atom stereocenters. The largest absolute Gasteiger partial charge is 0.490 e. The Hall–Kier alpha value is -0.760. The van der Waals surface area contributed by atoms with Crippen molar-refractivity contribution in [1.82, 2.24) is 0 Å². The number of rotatable bonds is 0. The van der Waals surface area contributed by atoms with Crippen LogP contribution in [-0.2, 0) is 6.42 Å². The van der Waals surface area contributed by atoms with Crippen molar-refractivity contribution in [3.05, 3.63) is 28.0 Å². The van der Waals surface area contributed by atoms with Gasteiger partial charge in [-0.15, -0.1) is 0 Å². The average molecular weight is 201 g/mol. The highest BCUT2D eigenvalue weighted by Gasteiger charge is 2.19. The third-order valence-electron chi connectivity index (χ3n) is 2.26. The Morgan fingerprint density at radius 3 is 3.08 bits per heavy atom. The van der Waals surface area contributed by atoms with Crippen LogP contribution in [0.25, 0.3) is 0 Å². The molecule has 0 atom stereocenters. The average Bonchev–Trinajstić information content (AvgIpc) is 2.15. The summed E-state index contributed by atoms with van der Waals surface area (Å²) in [5.74, 6) is 0.0541. The second kappa shape index (κ2) is 3.18. The molecule has 0 aliphatic carbocycles. The molecule has 1 heterocycles. The van der Waals surface area contributed by atoms with Gasteiger partial charge in [-0.2, -0.15) is 0 Å². The molecule has 0 bridgehead atoms. The summed E-state index contributed by atoms with van der Waals surface area (Å²) in [4.78, 5) is 0. The second-order valence-corrected chi connectivity index (χ2v) is 3.63. The van der Waals surface area contributed by atoms with E-state index in [0.29, 0.717) is 17.4 Å². The number of hydrogen-bond donors (Lipinski definition) is 0. The van der Waals surface area contributed by atoms with Gasteiger partial charge in [-0.1, -0.05) is 11.6 Å². The molecular weight excluding hydrogens is 191 g/mol. The molecule has 70 valence electrons. The van der Waals surface area contributed by atoms with Crippen LogP contribution in [-0.4, -0.2) is 6.61 Å². The highest BCUT2D eigenvalue weighted by molar-refractivity contribution is 6.32. The molecule has 0 amide bonds. The van der Waals surface area contributed by atoms with Crippen molar-refractivity contribution in [2.24, 2.45) is 0 Å². The lowest BCUT2D eigenvalue weighted by molar-refractivity contribution is 0.273. The van der Waals surface area contributed by atoms with Gasteiger partial charge in [0, 0.05) is 5.56 Å². The zero-order chi connectivity index (χ0) is 9.42. The lowest BCUT2D eigenvalue weighted by Crippen LogP contribution is -2.11. The van der Waals surface area contributed by atoms with E-state index >= 15 is 0 Å². The molecule has 13 heavy (non-hydrogen) atoms. The minimum atomic E-state index is -0.295. The van der Waals surface area contributed by atoms with Crippen LogP contribution < -0.4 is 4.74 Å². The summed E-state index contributed by atoms with van der Waals surface area (Å²) < 4.78 is 18.6. The monoisotopic (exact) mass is 200 g/mol. The van der Waals surface area contributed by atoms with E-state index in [0.717, 1.165) is 24.0 Å². The van der Waals surface area contributed by atoms with E-state index in [1.165, 1.54) is 6.07 Å². The zero-order valence-corrected chi connectivity index (χ0v) is 8.12. The maximum absolute atomic E-state index is 13.3. The van der Waals surface area contributed by atoms with Gasteiger partial charge in [-0.3, -0.25) is 0 Å². The Morgan fingerprint density at radius 1 is 1.54 bits per heavy atom. The van der Waals surface area contributed by atoms with Gasteiger partial charge in [0.2, 0.25) is 0 Å². The molecule has 2 rings (SSSR count). The topological polar surface area (TPSA) is 9.23 Å². The molecule has 0 aromatic heterocycles. The first-order valence-corrected chi connectivity index (χ1v) is 4.68. The van der Waals surface area contributed by atoms with Crippen LogP contribution in [0.15, 0.2) is 6.07 Å². The Balaban J connectivity index is 2.63. The normalized spacial score (nSPS) is 15.0. The SMILES string of the molecule is Cc1cc(F)c2c(c1Cl)CCCO2. The van der Waals surface area contributed by atoms with E-state index in [9.17, 15) is 4.39 Å². The molecule has 1 nitrogen and oxygen atoms in total. The van der Waals surface area contributed by atoms with Gasteiger partial charge in [-0.25, -0.2) is 4.39 Å². The zero-order valence-electron chi connectivity index (χ0n) is 7.36. The first kappa shape index (κ1) is 8.82. The van der Waals surface area contributed by atoms with Crippen molar-refractivity contribution >= 4 is 11.6 Å². The summed E-state index contributed by atoms with van der Waals surface area (Å²) in [6.07, 6.45) is 1.72. The molecule has 0 saturated carbocycles. The molecule has 0 saturated heterocycles. The molecular formula is C10H10ClFO. The van der Waals surface area contributed by atoms with Gasteiger partial charge in [0.1, 0.15) is 0 Å². The van der Waals surface area contributed by atoms with E-state index in [1.54, 1.807) is 6.92 Å². The van der Waals surface area contributed by atoms with Gasteiger partial charge in [0.05, 0.1) is 11.6 Å². The Labute approximate surface area is 81.5 Å². The van der Waals surface area contributed by atoms with Crippen LogP contribution in [0.1, 0.15) is 17.5 Å². The number of benzene rings is 1. The van der Waals surface area contributed by atoms with Crippen molar-refractivity contribution < 1.29 is 9.13 Å². The summed E-state index contributed by atoms with van der Waals surface area (Å²) in [5.41, 5.74) is 1.61. The smallest absolute Gasteiger partial charge is 0.165 e. The first-order valence-electron chi connectivity index (χ1n) is 4.30. The minimum Gasteiger partial charge on any atom is -0.490 e. The maximum atomic E-state index is 13.3. The van der Waals surface area contributed by atoms with Gasteiger partial charge >= 0.3 is 0 Å². The van der Waals surface area contributed by atoms with Crippen molar-refractivity contribution in [3.8, 4) is 5.75 Å². The first-order chi connectivity index (χ1) is 6.20. The van der Waals surface area contributed by atoms with Crippen LogP contribution >= 0.6 is 11.6 Å². The van der Waals surface area contributed by atoms with Crippen molar-refractivity contribution in [2.45, 2.75) is 19.8 Å². The molecule has 3 heteroatoms. The predicted octanol–water partition coefficient (Wildman–Crippen LogP) is 3.11. The quantitative estimate of drug-likeness (QED) is 0.625. The summed E-state index contributed by atoms with van der Waals surface area (Å²) in [6.45, 7) is 2.39. The Kier molecular flexibility index (Phi) is 2.16. The fraction of sp³-hybridized carbons (Fsp3) is 0.400. The standard InChI is InChI=1S/C10H10ClFO/c1-6-5-8(12)10-7(9(6)11)3-2-4-13-10/h5H,2-4H2,1H3. The van der Waals surface area contributed by atoms with E-state index in [4.69, 9.17) is 16.3 Å². The molecule has 0 spiro atoms. The van der Waals surface area contributed by atoms with Gasteiger partial charge in [0.15, 0.2) is 11.6 Å². The second-order valence-electron chi connectivity index (χ2n) is 3.25. The van der Waals surface area contributed by atoms with E-state index in [-0.39, 0.29) is 5.82 Å². The summed E-state index contributed by atoms with van der Waals surface area (Å²) in [6, 6.07) is 1.42.